The summed E-state index contributed by atoms with van der Waals surface area (Å²) < 4.78 is 91.3. The van der Waals surface area contributed by atoms with Crippen molar-refractivity contribution < 1.29 is 49.5 Å². The van der Waals surface area contributed by atoms with Crippen LogP contribution in [0, 0.1) is 22.7 Å². The number of halogens is 7. The standard InChI is InChI=1S/C19H13F3N4O2.C18H13F3N2O3.C2H4N2.ClH/c20-19(21,22)14-7-5-12(6-8-14)11-13-3-1-2-4-15(13)17-25-26-18(28-17)16(27)24-10-9-23;1-25-17(24)16-23-22-15(26-16)14-5-3-2-4-12(14)10-11-6-8-13(9-7-11)18(19,20)21;3-1-2-4;/h1-8H,10-11H2,(H,24,27);2-9H,10H2,1H3;1,3H2;1H. The molecule has 0 atom stereocenters. The lowest BCUT2D eigenvalue weighted by atomic mass is 9.99. The highest BCUT2D eigenvalue weighted by molar-refractivity contribution is 5.89. The Morgan fingerprint density at radius 2 is 1.08 bits per heavy atom. The van der Waals surface area contributed by atoms with Gasteiger partial charge in [0, 0.05) is 11.1 Å². The third-order valence-corrected chi connectivity index (χ3v) is 7.67. The molecule has 0 saturated heterocycles. The Hall–Kier alpha value is -7.09. The number of benzene rings is 4. The predicted octanol–water partition coefficient (Wildman–Crippen LogP) is 7.62. The maximum absolute atomic E-state index is 12.7. The van der Waals surface area contributed by atoms with Gasteiger partial charge in [-0.15, -0.1) is 32.8 Å². The summed E-state index contributed by atoms with van der Waals surface area (Å²) in [5.74, 6) is -1.73. The molecular formula is C39H31ClF6N8O5. The van der Waals surface area contributed by atoms with E-state index in [0.717, 1.165) is 35.4 Å². The number of esters is 1. The van der Waals surface area contributed by atoms with Crippen molar-refractivity contribution in [3.8, 4) is 35.0 Å². The Labute approximate surface area is 337 Å². The van der Waals surface area contributed by atoms with E-state index in [1.54, 1.807) is 60.7 Å². The number of alkyl halides is 6. The van der Waals surface area contributed by atoms with E-state index in [9.17, 15) is 35.9 Å². The maximum Gasteiger partial charge on any atom is 0.416 e. The molecule has 0 radical (unpaired) electrons. The van der Waals surface area contributed by atoms with Crippen LogP contribution in [0.4, 0.5) is 26.3 Å². The van der Waals surface area contributed by atoms with Crippen molar-refractivity contribution in [3.63, 3.8) is 0 Å². The van der Waals surface area contributed by atoms with Gasteiger partial charge in [0.25, 0.3) is 0 Å². The van der Waals surface area contributed by atoms with Gasteiger partial charge in [0.05, 0.1) is 36.9 Å². The molecule has 59 heavy (non-hydrogen) atoms. The molecular weight excluding hydrogens is 810 g/mol. The van der Waals surface area contributed by atoms with Gasteiger partial charge in [0.1, 0.15) is 6.54 Å². The average molecular weight is 841 g/mol. The molecule has 306 valence electrons. The van der Waals surface area contributed by atoms with Crippen LogP contribution < -0.4 is 11.1 Å². The summed E-state index contributed by atoms with van der Waals surface area (Å²) >= 11 is 0. The number of methoxy groups -OCH3 is 1. The van der Waals surface area contributed by atoms with Crippen molar-refractivity contribution in [2.24, 2.45) is 5.73 Å². The maximum atomic E-state index is 12.7. The molecule has 0 spiro atoms. The number of ether oxygens (including phenoxy) is 1. The molecule has 1 amide bonds. The minimum Gasteiger partial charge on any atom is -0.462 e. The van der Waals surface area contributed by atoms with Crippen LogP contribution in [0.1, 0.15) is 54.8 Å². The zero-order valence-electron chi connectivity index (χ0n) is 30.5. The second-order valence-corrected chi connectivity index (χ2v) is 11.6. The Bertz CT molecular complexity index is 2390. The van der Waals surface area contributed by atoms with E-state index in [0.29, 0.717) is 35.1 Å². The number of amides is 1. The summed E-state index contributed by atoms with van der Waals surface area (Å²) in [6.45, 7) is -0.0684. The van der Waals surface area contributed by atoms with Crippen LogP contribution in [0.5, 0.6) is 0 Å². The third-order valence-electron chi connectivity index (χ3n) is 7.67. The number of nitrogens with zero attached hydrogens (tertiary/aromatic N) is 6. The van der Waals surface area contributed by atoms with Gasteiger partial charge in [-0.25, -0.2) is 4.79 Å². The first kappa shape index (κ1) is 46.3. The third kappa shape index (κ3) is 13.2. The van der Waals surface area contributed by atoms with Crippen LogP contribution in [0.2, 0.25) is 0 Å². The zero-order chi connectivity index (χ0) is 42.3. The number of rotatable bonds is 9. The van der Waals surface area contributed by atoms with Gasteiger partial charge < -0.3 is 24.6 Å². The monoisotopic (exact) mass is 840 g/mol. The first-order chi connectivity index (χ1) is 27.7. The Balaban J connectivity index is 0.000000285. The fraction of sp³-hybridized carbons (Fsp3) is 0.179. The van der Waals surface area contributed by atoms with Crippen LogP contribution in [-0.4, -0.2) is 52.5 Å². The van der Waals surface area contributed by atoms with E-state index in [2.05, 4.69) is 36.2 Å². The van der Waals surface area contributed by atoms with E-state index in [1.165, 1.54) is 31.4 Å². The van der Waals surface area contributed by atoms with Gasteiger partial charge in [-0.2, -0.15) is 36.9 Å². The van der Waals surface area contributed by atoms with E-state index in [1.807, 2.05) is 0 Å². The summed E-state index contributed by atoms with van der Waals surface area (Å²) in [4.78, 5) is 23.2. The Morgan fingerprint density at radius 1 is 0.678 bits per heavy atom. The summed E-state index contributed by atoms with van der Waals surface area (Å²) in [7, 11) is 1.20. The number of nitrogens with one attached hydrogen (secondary N) is 1. The molecule has 0 aliphatic heterocycles. The van der Waals surface area contributed by atoms with E-state index < -0.39 is 35.4 Å². The fourth-order valence-electron chi connectivity index (χ4n) is 4.95. The molecule has 3 N–H and O–H groups in total. The lowest BCUT2D eigenvalue weighted by molar-refractivity contribution is -0.138. The number of carbonyl (C=O) groups excluding carboxylic acids is 2. The molecule has 6 rings (SSSR count). The lowest BCUT2D eigenvalue weighted by Crippen LogP contribution is -2.23. The Kier molecular flexibility index (Phi) is 16.8. The first-order valence-corrected chi connectivity index (χ1v) is 16.6. The van der Waals surface area contributed by atoms with Crippen LogP contribution in [0.25, 0.3) is 22.9 Å². The first-order valence-electron chi connectivity index (χ1n) is 16.6. The van der Waals surface area contributed by atoms with Crippen LogP contribution >= 0.6 is 12.4 Å². The molecule has 0 aliphatic carbocycles. The van der Waals surface area contributed by atoms with Gasteiger partial charge in [0.2, 0.25) is 11.8 Å². The van der Waals surface area contributed by atoms with Crippen molar-refractivity contribution in [1.29, 1.82) is 10.5 Å². The smallest absolute Gasteiger partial charge is 0.416 e. The highest BCUT2D eigenvalue weighted by Gasteiger charge is 2.31. The topological polar surface area (TPSA) is 207 Å². The lowest BCUT2D eigenvalue weighted by Gasteiger charge is -2.09. The second kappa shape index (κ2) is 21.4. The molecule has 0 bridgehead atoms. The van der Waals surface area contributed by atoms with Crippen molar-refractivity contribution in [3.05, 3.63) is 142 Å². The molecule has 20 heteroatoms. The van der Waals surface area contributed by atoms with Gasteiger partial charge >= 0.3 is 36.0 Å². The number of carbonyl (C=O) groups is 2. The molecule has 13 nitrogen and oxygen atoms in total. The largest absolute Gasteiger partial charge is 0.462 e. The van der Waals surface area contributed by atoms with Crippen LogP contribution in [-0.2, 0) is 29.9 Å². The van der Waals surface area contributed by atoms with Gasteiger partial charge in [-0.05, 0) is 71.5 Å². The van der Waals surface area contributed by atoms with Crippen molar-refractivity contribution in [1.82, 2.24) is 25.7 Å². The van der Waals surface area contributed by atoms with Gasteiger partial charge in [0.15, 0.2) is 0 Å². The van der Waals surface area contributed by atoms with E-state index >= 15 is 0 Å². The molecule has 0 unspecified atom stereocenters. The fourth-order valence-corrected chi connectivity index (χ4v) is 4.95. The second-order valence-electron chi connectivity index (χ2n) is 11.6. The highest BCUT2D eigenvalue weighted by Crippen LogP contribution is 2.32. The molecule has 4 aromatic carbocycles. The number of nitriles is 2. The van der Waals surface area contributed by atoms with E-state index in [-0.39, 0.29) is 49.1 Å². The summed E-state index contributed by atoms with van der Waals surface area (Å²) in [5, 5.41) is 33.3. The normalized spacial score (nSPS) is 10.6. The van der Waals surface area contributed by atoms with Crippen LogP contribution in [0.3, 0.4) is 0 Å². The zero-order valence-corrected chi connectivity index (χ0v) is 31.4. The minimum absolute atomic E-state index is 0. The number of hydrogen-bond acceptors (Lipinski definition) is 12. The number of nitrogens with two attached hydrogens (primary N) is 1. The van der Waals surface area contributed by atoms with Gasteiger partial charge in [-0.1, -0.05) is 60.7 Å². The molecule has 2 heterocycles. The van der Waals surface area contributed by atoms with Crippen molar-refractivity contribution in [2.45, 2.75) is 25.2 Å². The Morgan fingerprint density at radius 3 is 1.47 bits per heavy atom. The summed E-state index contributed by atoms with van der Waals surface area (Å²) in [6, 6.07) is 27.4. The number of aromatic nitrogens is 4. The quantitative estimate of drug-likeness (QED) is 0.0819. The summed E-state index contributed by atoms with van der Waals surface area (Å²) in [6.07, 6.45) is -8.05. The molecule has 0 aliphatic rings. The van der Waals surface area contributed by atoms with E-state index in [4.69, 9.17) is 19.4 Å². The predicted molar refractivity (Wildman–Crippen MR) is 199 cm³/mol. The molecule has 0 fully saturated rings. The SMILES string of the molecule is COC(=O)c1nnc(-c2ccccc2Cc2ccc(C(F)(F)F)cc2)o1.Cl.N#CCN.N#CCNC(=O)c1nnc(-c2ccccc2Cc2ccc(C(F)(F)F)cc2)o1. The molecule has 2 aromatic heterocycles. The van der Waals surface area contributed by atoms with Gasteiger partial charge in [-0.3, -0.25) is 4.79 Å². The molecule has 6 aromatic rings. The average Bonchev–Trinajstić information content (AvgIpc) is 3.92. The minimum atomic E-state index is -4.39. The highest BCUT2D eigenvalue weighted by atomic mass is 35.5. The van der Waals surface area contributed by atoms with Crippen molar-refractivity contribution >= 4 is 24.3 Å². The van der Waals surface area contributed by atoms with Crippen LogP contribution in [0.15, 0.2) is 106 Å². The molecule has 0 saturated carbocycles. The summed E-state index contributed by atoms with van der Waals surface area (Å²) in [5.41, 5.74) is 7.29. The van der Waals surface area contributed by atoms with Crippen molar-refractivity contribution in [2.75, 3.05) is 20.2 Å². The number of hydrogen-bond donors (Lipinski definition) is 2.